The first-order valence-electron chi connectivity index (χ1n) is 8.25. The van der Waals surface area contributed by atoms with Gasteiger partial charge < -0.3 is 19.5 Å². The first kappa shape index (κ1) is 19.4. The Labute approximate surface area is 166 Å². The lowest BCUT2D eigenvalue weighted by Gasteiger charge is -2.11. The Morgan fingerprint density at radius 1 is 1.07 bits per heavy atom. The zero-order chi connectivity index (χ0) is 20.1. The molecule has 2 aromatic carbocycles. The molecule has 3 rings (SSSR count). The first-order valence-corrected chi connectivity index (χ1v) is 8.63. The lowest BCUT2D eigenvalue weighted by Crippen LogP contribution is -2.20. The zero-order valence-corrected chi connectivity index (χ0v) is 15.9. The van der Waals surface area contributed by atoms with E-state index in [4.69, 9.17) is 25.8 Å². The molecule has 0 aliphatic heterocycles. The van der Waals surface area contributed by atoms with Gasteiger partial charge in [0.15, 0.2) is 12.3 Å². The molecule has 0 spiro atoms. The summed E-state index contributed by atoms with van der Waals surface area (Å²) in [7, 11) is 2.83. The summed E-state index contributed by atoms with van der Waals surface area (Å²) in [5.74, 6) is 0.0173. The Balaban J connectivity index is 1.79. The van der Waals surface area contributed by atoms with Crippen molar-refractivity contribution in [1.82, 2.24) is 4.98 Å². The lowest BCUT2D eigenvalue weighted by atomic mass is 10.2. The fourth-order valence-electron chi connectivity index (χ4n) is 2.51. The van der Waals surface area contributed by atoms with E-state index in [1.165, 1.54) is 13.2 Å². The normalized spacial score (nSPS) is 10.4. The number of hydrogen-bond acceptors (Lipinski definition) is 6. The van der Waals surface area contributed by atoms with Crippen molar-refractivity contribution in [2.45, 2.75) is 0 Å². The minimum Gasteiger partial charge on any atom is -0.497 e. The van der Waals surface area contributed by atoms with Crippen LogP contribution in [0.2, 0.25) is 5.02 Å². The highest BCUT2D eigenvalue weighted by atomic mass is 35.5. The Bertz CT molecular complexity index is 1020. The third kappa shape index (κ3) is 4.50. The molecule has 1 amide bonds. The topological polar surface area (TPSA) is 86.8 Å². The molecule has 0 radical (unpaired) electrons. The largest absolute Gasteiger partial charge is 0.497 e. The number of amides is 1. The predicted molar refractivity (Wildman–Crippen MR) is 105 cm³/mol. The molecule has 0 saturated carbocycles. The van der Waals surface area contributed by atoms with Gasteiger partial charge in [0.1, 0.15) is 11.5 Å². The third-order valence-electron chi connectivity index (χ3n) is 3.86. The van der Waals surface area contributed by atoms with E-state index in [1.54, 1.807) is 49.6 Å². The number of hydrogen-bond donors (Lipinski definition) is 1. The maximum Gasteiger partial charge on any atom is 0.356 e. The van der Waals surface area contributed by atoms with Gasteiger partial charge >= 0.3 is 5.97 Å². The van der Waals surface area contributed by atoms with Gasteiger partial charge in [-0.2, -0.15) is 0 Å². The molecule has 0 atom stereocenters. The van der Waals surface area contributed by atoms with Crippen molar-refractivity contribution in [2.75, 3.05) is 26.1 Å². The molecular formula is C20H17ClN2O5. The minimum absolute atomic E-state index is 0.0721. The molecule has 3 aromatic rings. The highest BCUT2D eigenvalue weighted by Crippen LogP contribution is 2.28. The Morgan fingerprint density at radius 2 is 1.82 bits per heavy atom. The summed E-state index contributed by atoms with van der Waals surface area (Å²) in [5.41, 5.74) is 1.17. The summed E-state index contributed by atoms with van der Waals surface area (Å²) in [6, 6.07) is 13.3. The highest BCUT2D eigenvalue weighted by Gasteiger charge is 2.15. The van der Waals surface area contributed by atoms with Crippen LogP contribution in [0, 0.1) is 0 Å². The van der Waals surface area contributed by atoms with Crippen molar-refractivity contribution in [1.29, 1.82) is 0 Å². The van der Waals surface area contributed by atoms with Crippen LogP contribution >= 0.6 is 11.6 Å². The van der Waals surface area contributed by atoms with Gasteiger partial charge in [-0.15, -0.1) is 0 Å². The van der Waals surface area contributed by atoms with Crippen LogP contribution in [0.5, 0.6) is 11.5 Å². The fourth-order valence-corrected chi connectivity index (χ4v) is 2.68. The van der Waals surface area contributed by atoms with Crippen LogP contribution in [0.15, 0.2) is 48.5 Å². The van der Waals surface area contributed by atoms with Crippen LogP contribution in [0.3, 0.4) is 0 Å². The standard InChI is InChI=1S/C20H17ClN2O5/c1-26-14-6-4-13(5-7-14)22-19(24)11-28-18-10-17(20(25)27-2)23-16-8-3-12(21)9-15(16)18/h3-10H,11H2,1-2H3,(H,22,24). The van der Waals surface area contributed by atoms with Crippen LogP contribution < -0.4 is 14.8 Å². The van der Waals surface area contributed by atoms with E-state index in [9.17, 15) is 9.59 Å². The number of methoxy groups -OCH3 is 2. The van der Waals surface area contributed by atoms with E-state index < -0.39 is 5.97 Å². The Morgan fingerprint density at radius 3 is 2.50 bits per heavy atom. The molecule has 0 unspecified atom stereocenters. The van der Waals surface area contributed by atoms with Crippen molar-refractivity contribution in [2.24, 2.45) is 0 Å². The Kier molecular flexibility index (Phi) is 5.96. The summed E-state index contributed by atoms with van der Waals surface area (Å²) in [5, 5.41) is 3.78. The molecule has 0 fully saturated rings. The SMILES string of the molecule is COC(=O)c1cc(OCC(=O)Nc2ccc(OC)cc2)c2cc(Cl)ccc2n1. The summed E-state index contributed by atoms with van der Waals surface area (Å²) >= 11 is 6.05. The average molecular weight is 401 g/mol. The van der Waals surface area contributed by atoms with Crippen LogP contribution in [0.1, 0.15) is 10.5 Å². The molecule has 1 N–H and O–H groups in total. The first-order chi connectivity index (χ1) is 13.5. The molecule has 1 heterocycles. The van der Waals surface area contributed by atoms with Crippen molar-refractivity contribution in [3.8, 4) is 11.5 Å². The van der Waals surface area contributed by atoms with Crippen molar-refractivity contribution >= 4 is 40.1 Å². The number of nitrogens with zero attached hydrogens (tertiary/aromatic N) is 1. The van der Waals surface area contributed by atoms with Crippen molar-refractivity contribution in [3.63, 3.8) is 0 Å². The zero-order valence-electron chi connectivity index (χ0n) is 15.2. The minimum atomic E-state index is -0.607. The highest BCUT2D eigenvalue weighted by molar-refractivity contribution is 6.31. The quantitative estimate of drug-likeness (QED) is 0.635. The van der Waals surface area contributed by atoms with Gasteiger partial charge in [0.05, 0.1) is 19.7 Å². The van der Waals surface area contributed by atoms with Crippen molar-refractivity contribution < 1.29 is 23.8 Å². The monoisotopic (exact) mass is 400 g/mol. The van der Waals surface area contributed by atoms with E-state index in [0.29, 0.717) is 33.1 Å². The second kappa shape index (κ2) is 8.58. The number of benzene rings is 2. The summed E-state index contributed by atoms with van der Waals surface area (Å²) in [6.07, 6.45) is 0. The molecule has 0 saturated heterocycles. The molecular weight excluding hydrogens is 384 g/mol. The number of rotatable bonds is 6. The van der Waals surface area contributed by atoms with E-state index in [0.717, 1.165) is 0 Å². The fraction of sp³-hybridized carbons (Fsp3) is 0.150. The molecule has 8 heteroatoms. The number of esters is 1. The van der Waals surface area contributed by atoms with Gasteiger partial charge in [-0.3, -0.25) is 4.79 Å². The van der Waals surface area contributed by atoms with Crippen LogP contribution in [0.4, 0.5) is 5.69 Å². The smallest absolute Gasteiger partial charge is 0.356 e. The molecule has 1 aromatic heterocycles. The van der Waals surface area contributed by atoms with Gasteiger partial charge in [0, 0.05) is 22.2 Å². The Hall–Kier alpha value is -3.32. The van der Waals surface area contributed by atoms with Gasteiger partial charge in [0.2, 0.25) is 0 Å². The summed E-state index contributed by atoms with van der Waals surface area (Å²) < 4.78 is 15.4. The van der Waals surface area contributed by atoms with E-state index in [-0.39, 0.29) is 18.2 Å². The average Bonchev–Trinajstić information content (AvgIpc) is 2.71. The maximum absolute atomic E-state index is 12.2. The van der Waals surface area contributed by atoms with E-state index in [2.05, 4.69) is 10.3 Å². The molecule has 0 bridgehead atoms. The van der Waals surface area contributed by atoms with E-state index >= 15 is 0 Å². The van der Waals surface area contributed by atoms with Crippen LogP contribution in [0.25, 0.3) is 10.9 Å². The molecule has 0 aliphatic carbocycles. The maximum atomic E-state index is 12.2. The van der Waals surface area contributed by atoms with Gasteiger partial charge in [0.25, 0.3) is 5.91 Å². The number of anilines is 1. The number of fused-ring (bicyclic) bond motifs is 1. The molecule has 7 nitrogen and oxygen atoms in total. The van der Waals surface area contributed by atoms with Crippen LogP contribution in [-0.4, -0.2) is 37.7 Å². The molecule has 144 valence electrons. The third-order valence-corrected chi connectivity index (χ3v) is 4.09. The number of halogens is 1. The second-order valence-corrected chi connectivity index (χ2v) is 6.16. The van der Waals surface area contributed by atoms with Gasteiger partial charge in [-0.05, 0) is 42.5 Å². The predicted octanol–water partition coefficient (Wildman–Crippen LogP) is 3.70. The van der Waals surface area contributed by atoms with Gasteiger partial charge in [-0.1, -0.05) is 11.6 Å². The van der Waals surface area contributed by atoms with E-state index in [1.807, 2.05) is 0 Å². The van der Waals surface area contributed by atoms with Gasteiger partial charge in [-0.25, -0.2) is 9.78 Å². The number of pyridine rings is 1. The number of nitrogens with one attached hydrogen (secondary N) is 1. The summed E-state index contributed by atoms with van der Waals surface area (Å²) in [4.78, 5) is 28.3. The number of aromatic nitrogens is 1. The number of carbonyl (C=O) groups is 2. The van der Waals surface area contributed by atoms with Crippen LogP contribution in [-0.2, 0) is 9.53 Å². The molecule has 28 heavy (non-hydrogen) atoms. The van der Waals surface area contributed by atoms with Crippen molar-refractivity contribution in [3.05, 3.63) is 59.2 Å². The number of carbonyl (C=O) groups excluding carboxylic acids is 2. The number of ether oxygens (including phenoxy) is 3. The second-order valence-electron chi connectivity index (χ2n) is 5.72. The lowest BCUT2D eigenvalue weighted by molar-refractivity contribution is -0.118. The summed E-state index contributed by atoms with van der Waals surface area (Å²) in [6.45, 7) is -0.266. The molecule has 0 aliphatic rings.